The molecule has 0 bridgehead atoms. The third-order valence-electron chi connectivity index (χ3n) is 3.05. The lowest BCUT2D eigenvalue weighted by molar-refractivity contribution is -0.137. The molecule has 1 atom stereocenters. The van der Waals surface area contributed by atoms with Gasteiger partial charge >= 0.3 is 0 Å². The minimum absolute atomic E-state index is 0.0338. The molecule has 18 heavy (non-hydrogen) atoms. The van der Waals surface area contributed by atoms with Crippen LogP contribution >= 0.6 is 0 Å². The number of carbonyl (C=O) groups is 1. The van der Waals surface area contributed by atoms with Crippen molar-refractivity contribution < 1.29 is 9.21 Å². The van der Waals surface area contributed by atoms with E-state index in [-0.39, 0.29) is 17.9 Å². The third kappa shape index (κ3) is 3.88. The minimum atomic E-state index is -0.0338. The number of nitrogens with zero attached hydrogens (tertiary/aromatic N) is 1. The van der Waals surface area contributed by atoms with Crippen molar-refractivity contribution in [3.63, 3.8) is 0 Å². The van der Waals surface area contributed by atoms with Crippen LogP contribution in [-0.4, -0.2) is 23.4 Å². The molecule has 1 unspecified atom stereocenters. The van der Waals surface area contributed by atoms with E-state index < -0.39 is 0 Å². The summed E-state index contributed by atoms with van der Waals surface area (Å²) >= 11 is 0. The van der Waals surface area contributed by atoms with Gasteiger partial charge in [0.25, 0.3) is 0 Å². The van der Waals surface area contributed by atoms with Gasteiger partial charge in [0, 0.05) is 12.0 Å². The number of aryl methyl sites for hydroxylation is 1. The SMILES string of the molecule is Cc1ccc(CN(C(=O)C(C)CCN)C(C)C)o1. The number of nitrogens with two attached hydrogens (primary N) is 1. The molecular weight excluding hydrogens is 228 g/mol. The van der Waals surface area contributed by atoms with Gasteiger partial charge in [-0.2, -0.15) is 0 Å². The van der Waals surface area contributed by atoms with Crippen LogP contribution in [0.2, 0.25) is 0 Å². The number of amides is 1. The summed E-state index contributed by atoms with van der Waals surface area (Å²) in [6.45, 7) is 8.93. The highest BCUT2D eigenvalue weighted by atomic mass is 16.3. The smallest absolute Gasteiger partial charge is 0.226 e. The van der Waals surface area contributed by atoms with Crippen LogP contribution in [0.5, 0.6) is 0 Å². The van der Waals surface area contributed by atoms with E-state index in [1.54, 1.807) is 0 Å². The predicted octanol–water partition coefficient (Wildman–Crippen LogP) is 2.31. The maximum absolute atomic E-state index is 12.3. The molecule has 1 heterocycles. The number of hydrogen-bond donors (Lipinski definition) is 1. The van der Waals surface area contributed by atoms with Gasteiger partial charge in [-0.05, 0) is 45.9 Å². The van der Waals surface area contributed by atoms with Crippen molar-refractivity contribution in [1.29, 1.82) is 0 Å². The summed E-state index contributed by atoms with van der Waals surface area (Å²) in [5, 5.41) is 0. The number of carbonyl (C=O) groups excluding carboxylic acids is 1. The summed E-state index contributed by atoms with van der Waals surface area (Å²) in [6.07, 6.45) is 0.721. The first-order valence-electron chi connectivity index (χ1n) is 6.51. The van der Waals surface area contributed by atoms with Crippen molar-refractivity contribution in [2.45, 2.75) is 46.7 Å². The van der Waals surface area contributed by atoms with E-state index in [9.17, 15) is 4.79 Å². The Kier molecular flexibility index (Phi) is 5.41. The molecule has 0 spiro atoms. The van der Waals surface area contributed by atoms with E-state index in [0.717, 1.165) is 17.9 Å². The lowest BCUT2D eigenvalue weighted by atomic mass is 10.1. The Labute approximate surface area is 109 Å². The third-order valence-corrected chi connectivity index (χ3v) is 3.05. The summed E-state index contributed by atoms with van der Waals surface area (Å²) < 4.78 is 5.54. The van der Waals surface area contributed by atoms with Gasteiger partial charge in [0.2, 0.25) is 5.91 Å². The fourth-order valence-electron chi connectivity index (χ4n) is 1.91. The van der Waals surface area contributed by atoms with Crippen molar-refractivity contribution in [2.75, 3.05) is 6.54 Å². The second-order valence-corrected chi connectivity index (χ2v) is 5.05. The quantitative estimate of drug-likeness (QED) is 0.845. The van der Waals surface area contributed by atoms with E-state index in [1.807, 2.05) is 44.7 Å². The zero-order chi connectivity index (χ0) is 13.7. The molecule has 2 N–H and O–H groups in total. The molecule has 0 fully saturated rings. The van der Waals surface area contributed by atoms with Crippen LogP contribution < -0.4 is 5.73 Å². The van der Waals surface area contributed by atoms with Gasteiger partial charge in [-0.3, -0.25) is 4.79 Å². The number of hydrogen-bond acceptors (Lipinski definition) is 3. The van der Waals surface area contributed by atoms with Gasteiger partial charge in [0.05, 0.1) is 6.54 Å². The lowest BCUT2D eigenvalue weighted by Crippen LogP contribution is -2.40. The van der Waals surface area contributed by atoms with Crippen LogP contribution in [-0.2, 0) is 11.3 Å². The van der Waals surface area contributed by atoms with E-state index in [4.69, 9.17) is 10.2 Å². The normalized spacial score (nSPS) is 12.8. The predicted molar refractivity (Wildman–Crippen MR) is 72.0 cm³/mol. The molecule has 0 aliphatic rings. The molecule has 102 valence electrons. The summed E-state index contributed by atoms with van der Waals surface area (Å²) in [5.74, 6) is 1.81. The molecule has 0 saturated heterocycles. The van der Waals surface area contributed by atoms with Crippen molar-refractivity contribution in [2.24, 2.45) is 11.7 Å². The summed E-state index contributed by atoms with van der Waals surface area (Å²) in [6, 6.07) is 4.00. The van der Waals surface area contributed by atoms with Gasteiger partial charge < -0.3 is 15.1 Å². The van der Waals surface area contributed by atoms with Crippen LogP contribution in [0.4, 0.5) is 0 Å². The Morgan fingerprint density at radius 3 is 2.50 bits per heavy atom. The van der Waals surface area contributed by atoms with E-state index in [2.05, 4.69) is 0 Å². The molecule has 1 rings (SSSR count). The number of furan rings is 1. The van der Waals surface area contributed by atoms with Crippen LogP contribution in [0, 0.1) is 12.8 Å². The largest absolute Gasteiger partial charge is 0.464 e. The average Bonchev–Trinajstić information content (AvgIpc) is 2.71. The Morgan fingerprint density at radius 2 is 2.06 bits per heavy atom. The van der Waals surface area contributed by atoms with Crippen LogP contribution in [0.15, 0.2) is 16.5 Å². The highest BCUT2D eigenvalue weighted by molar-refractivity contribution is 5.78. The molecule has 0 radical (unpaired) electrons. The Hall–Kier alpha value is -1.29. The van der Waals surface area contributed by atoms with Crippen molar-refractivity contribution in [1.82, 2.24) is 4.90 Å². The highest BCUT2D eigenvalue weighted by Crippen LogP contribution is 2.16. The highest BCUT2D eigenvalue weighted by Gasteiger charge is 2.23. The van der Waals surface area contributed by atoms with Gasteiger partial charge in [0.1, 0.15) is 11.5 Å². The summed E-state index contributed by atoms with van der Waals surface area (Å²) in [4.78, 5) is 14.2. The second-order valence-electron chi connectivity index (χ2n) is 5.05. The molecule has 1 amide bonds. The molecule has 1 aromatic rings. The minimum Gasteiger partial charge on any atom is -0.464 e. The van der Waals surface area contributed by atoms with Crippen LogP contribution in [0.1, 0.15) is 38.7 Å². The van der Waals surface area contributed by atoms with Crippen molar-refractivity contribution in [3.05, 3.63) is 23.7 Å². The first-order chi connectivity index (χ1) is 8.45. The van der Waals surface area contributed by atoms with E-state index >= 15 is 0 Å². The molecule has 0 saturated carbocycles. The fourth-order valence-corrected chi connectivity index (χ4v) is 1.91. The maximum atomic E-state index is 12.3. The first kappa shape index (κ1) is 14.8. The van der Waals surface area contributed by atoms with Gasteiger partial charge in [-0.25, -0.2) is 0 Å². The Balaban J connectivity index is 2.73. The van der Waals surface area contributed by atoms with Gasteiger partial charge in [0.15, 0.2) is 0 Å². The molecule has 0 aliphatic carbocycles. The van der Waals surface area contributed by atoms with E-state index in [1.165, 1.54) is 0 Å². The van der Waals surface area contributed by atoms with Crippen molar-refractivity contribution in [3.8, 4) is 0 Å². The van der Waals surface area contributed by atoms with E-state index in [0.29, 0.717) is 13.1 Å². The van der Waals surface area contributed by atoms with Crippen molar-refractivity contribution >= 4 is 5.91 Å². The monoisotopic (exact) mass is 252 g/mol. The maximum Gasteiger partial charge on any atom is 0.226 e. The molecule has 4 heteroatoms. The second kappa shape index (κ2) is 6.59. The van der Waals surface area contributed by atoms with Crippen LogP contribution in [0.3, 0.4) is 0 Å². The zero-order valence-electron chi connectivity index (χ0n) is 11.8. The standard InChI is InChI=1S/C14H24N2O2/c1-10(2)16(14(17)11(3)7-8-15)9-13-6-5-12(4)18-13/h5-6,10-11H,7-9,15H2,1-4H3. The summed E-state index contributed by atoms with van der Waals surface area (Å²) in [7, 11) is 0. The molecular formula is C14H24N2O2. The molecule has 4 nitrogen and oxygen atoms in total. The topological polar surface area (TPSA) is 59.5 Å². The molecule has 1 aromatic heterocycles. The lowest BCUT2D eigenvalue weighted by Gasteiger charge is -2.28. The zero-order valence-corrected chi connectivity index (χ0v) is 11.8. The fraction of sp³-hybridized carbons (Fsp3) is 0.643. The van der Waals surface area contributed by atoms with Gasteiger partial charge in [-0.1, -0.05) is 6.92 Å². The average molecular weight is 252 g/mol. The Morgan fingerprint density at radius 1 is 1.39 bits per heavy atom. The Bertz CT molecular complexity index is 385. The van der Waals surface area contributed by atoms with Gasteiger partial charge in [-0.15, -0.1) is 0 Å². The summed E-state index contributed by atoms with van der Waals surface area (Å²) in [5.41, 5.74) is 5.51. The number of rotatable bonds is 6. The molecule has 0 aromatic carbocycles. The molecule has 0 aliphatic heterocycles. The van der Waals surface area contributed by atoms with Crippen LogP contribution in [0.25, 0.3) is 0 Å². The first-order valence-corrected chi connectivity index (χ1v) is 6.51.